The van der Waals surface area contributed by atoms with Gasteiger partial charge in [0.2, 0.25) is 0 Å². The van der Waals surface area contributed by atoms with Crippen molar-refractivity contribution in [3.63, 3.8) is 0 Å². The fourth-order valence-corrected chi connectivity index (χ4v) is 1.22. The highest BCUT2D eigenvalue weighted by atomic mass is 16.5. The molecule has 0 aliphatic carbocycles. The van der Waals surface area contributed by atoms with Gasteiger partial charge in [-0.15, -0.1) is 6.42 Å². The van der Waals surface area contributed by atoms with E-state index in [0.717, 1.165) is 18.7 Å². The molecule has 0 rings (SSSR count). The van der Waals surface area contributed by atoms with E-state index in [1.165, 1.54) is 5.57 Å². The Morgan fingerprint density at radius 1 is 1.39 bits per heavy atom. The Balaban J connectivity index is 3.88. The van der Waals surface area contributed by atoms with E-state index >= 15 is 0 Å². The number of rotatable bonds is 9. The molecule has 3 heteroatoms. The summed E-state index contributed by atoms with van der Waals surface area (Å²) in [5, 5.41) is 11.8. The van der Waals surface area contributed by atoms with Crippen molar-refractivity contribution < 1.29 is 9.84 Å². The highest BCUT2D eigenvalue weighted by Gasteiger charge is 1.90. The predicted molar refractivity (Wildman–Crippen MR) is 76.3 cm³/mol. The van der Waals surface area contributed by atoms with E-state index in [1.54, 1.807) is 0 Å². The molecule has 0 unspecified atom stereocenters. The number of allylic oxidation sites excluding steroid dienone is 5. The molecule has 0 aromatic carbocycles. The van der Waals surface area contributed by atoms with Gasteiger partial charge in [-0.05, 0) is 19.9 Å². The largest absolute Gasteiger partial charge is 0.394 e. The molecule has 0 radical (unpaired) electrons. The summed E-state index contributed by atoms with van der Waals surface area (Å²) in [7, 11) is 0. The lowest BCUT2D eigenvalue weighted by molar-refractivity contribution is 0.0943. The Bertz CT molecular complexity index is 335. The quantitative estimate of drug-likeness (QED) is 0.371. The predicted octanol–water partition coefficient (Wildman–Crippen LogP) is 1.67. The maximum atomic E-state index is 8.52. The second-order valence-corrected chi connectivity index (χ2v) is 3.79. The van der Waals surface area contributed by atoms with Crippen LogP contribution in [0.1, 0.15) is 13.8 Å². The van der Waals surface area contributed by atoms with Gasteiger partial charge < -0.3 is 15.2 Å². The third-order valence-electron chi connectivity index (χ3n) is 2.12. The third-order valence-corrected chi connectivity index (χ3v) is 2.12. The van der Waals surface area contributed by atoms with E-state index < -0.39 is 0 Å². The number of aliphatic hydroxyl groups is 1. The maximum Gasteiger partial charge on any atom is 0.0698 e. The summed E-state index contributed by atoms with van der Waals surface area (Å²) in [6.07, 6.45) is 13.1. The third kappa shape index (κ3) is 9.86. The van der Waals surface area contributed by atoms with Crippen molar-refractivity contribution in [2.75, 3.05) is 32.9 Å². The first-order valence-corrected chi connectivity index (χ1v) is 6.10. The van der Waals surface area contributed by atoms with Gasteiger partial charge in [-0.25, -0.2) is 0 Å². The molecular weight excluding hydrogens is 226 g/mol. The second kappa shape index (κ2) is 12.1. The molecule has 0 aliphatic heterocycles. The van der Waals surface area contributed by atoms with Gasteiger partial charge >= 0.3 is 0 Å². The number of hydrogen-bond donors (Lipinski definition) is 2. The molecule has 0 fully saturated rings. The summed E-state index contributed by atoms with van der Waals surface area (Å²) in [6, 6.07) is 0. The Morgan fingerprint density at radius 2 is 2.17 bits per heavy atom. The molecule has 0 saturated heterocycles. The molecule has 2 N–H and O–H groups in total. The minimum atomic E-state index is 0.0730. The summed E-state index contributed by atoms with van der Waals surface area (Å²) >= 11 is 0. The maximum absolute atomic E-state index is 8.52. The van der Waals surface area contributed by atoms with Gasteiger partial charge in [-0.3, -0.25) is 0 Å². The summed E-state index contributed by atoms with van der Waals surface area (Å²) in [5.41, 5.74) is 2.07. The Kier molecular flexibility index (Phi) is 11.2. The second-order valence-electron chi connectivity index (χ2n) is 3.79. The van der Waals surface area contributed by atoms with Crippen molar-refractivity contribution in [1.82, 2.24) is 5.32 Å². The lowest BCUT2D eigenvalue weighted by Gasteiger charge is -2.05. The van der Waals surface area contributed by atoms with Crippen LogP contribution in [0.2, 0.25) is 0 Å². The summed E-state index contributed by atoms with van der Waals surface area (Å²) in [6.45, 7) is 6.63. The van der Waals surface area contributed by atoms with Gasteiger partial charge in [-0.2, -0.15) is 0 Å². The Labute approximate surface area is 110 Å². The van der Waals surface area contributed by atoms with Crippen molar-refractivity contribution in [2.45, 2.75) is 13.8 Å². The van der Waals surface area contributed by atoms with Crippen LogP contribution in [0, 0.1) is 12.3 Å². The van der Waals surface area contributed by atoms with Crippen molar-refractivity contribution in [1.29, 1.82) is 0 Å². The molecule has 0 heterocycles. The SMILES string of the molecule is C#CC(/C=C/C)=C/C=C(\C)CNCCOCCO. The minimum Gasteiger partial charge on any atom is -0.394 e. The highest BCUT2D eigenvalue weighted by molar-refractivity contribution is 5.39. The Morgan fingerprint density at radius 3 is 2.78 bits per heavy atom. The number of nitrogens with one attached hydrogen (secondary N) is 1. The molecule has 0 aliphatic rings. The first-order chi connectivity index (χ1) is 8.74. The zero-order chi connectivity index (χ0) is 13.6. The van der Waals surface area contributed by atoms with Crippen LogP contribution in [0.25, 0.3) is 0 Å². The lowest BCUT2D eigenvalue weighted by atomic mass is 10.2. The molecule has 0 amide bonds. The molecule has 0 spiro atoms. The first-order valence-electron chi connectivity index (χ1n) is 6.10. The van der Waals surface area contributed by atoms with Crippen LogP contribution >= 0.6 is 0 Å². The van der Waals surface area contributed by atoms with Crippen LogP contribution in [0.5, 0.6) is 0 Å². The van der Waals surface area contributed by atoms with E-state index in [1.807, 2.05) is 38.2 Å². The van der Waals surface area contributed by atoms with Gasteiger partial charge in [-0.1, -0.05) is 29.7 Å². The fraction of sp³-hybridized carbons (Fsp3) is 0.467. The van der Waals surface area contributed by atoms with E-state index in [4.69, 9.17) is 16.3 Å². The van der Waals surface area contributed by atoms with Crippen LogP contribution in [0.4, 0.5) is 0 Å². The van der Waals surface area contributed by atoms with Crippen molar-refractivity contribution >= 4 is 0 Å². The van der Waals surface area contributed by atoms with Crippen molar-refractivity contribution in [3.8, 4) is 12.3 Å². The molecule has 0 atom stereocenters. The summed E-state index contributed by atoms with van der Waals surface area (Å²) in [5.74, 6) is 2.61. The topological polar surface area (TPSA) is 41.5 Å². The van der Waals surface area contributed by atoms with Gasteiger partial charge in [0, 0.05) is 18.7 Å². The zero-order valence-corrected chi connectivity index (χ0v) is 11.3. The fourth-order valence-electron chi connectivity index (χ4n) is 1.22. The number of ether oxygens (including phenoxy) is 1. The molecule has 0 aromatic heterocycles. The zero-order valence-electron chi connectivity index (χ0n) is 11.3. The van der Waals surface area contributed by atoms with Crippen LogP contribution in [0.3, 0.4) is 0 Å². The standard InChI is InChI=1S/C15H23NO2/c1-4-6-15(5-2)8-7-14(3)13-16-9-11-18-12-10-17/h2,4,6-8,16-17H,9-13H2,1,3H3/b6-4+,14-7+,15-8-. The number of hydrogen-bond acceptors (Lipinski definition) is 3. The van der Waals surface area contributed by atoms with E-state index in [2.05, 4.69) is 11.2 Å². The van der Waals surface area contributed by atoms with E-state index in [-0.39, 0.29) is 6.61 Å². The summed E-state index contributed by atoms with van der Waals surface area (Å²) < 4.78 is 5.13. The number of terminal acetylenes is 1. The number of aliphatic hydroxyl groups excluding tert-OH is 1. The molecular formula is C15H23NO2. The molecule has 0 aromatic rings. The van der Waals surface area contributed by atoms with Crippen molar-refractivity contribution in [2.24, 2.45) is 0 Å². The van der Waals surface area contributed by atoms with Gasteiger partial charge in [0.25, 0.3) is 0 Å². The van der Waals surface area contributed by atoms with Crippen LogP contribution in [-0.2, 0) is 4.74 Å². The molecule has 0 bridgehead atoms. The molecule has 18 heavy (non-hydrogen) atoms. The van der Waals surface area contributed by atoms with E-state index in [0.29, 0.717) is 13.2 Å². The highest BCUT2D eigenvalue weighted by Crippen LogP contribution is 1.98. The van der Waals surface area contributed by atoms with Crippen LogP contribution < -0.4 is 5.32 Å². The van der Waals surface area contributed by atoms with Gasteiger partial charge in [0.15, 0.2) is 0 Å². The van der Waals surface area contributed by atoms with Gasteiger partial charge in [0.1, 0.15) is 0 Å². The van der Waals surface area contributed by atoms with E-state index in [9.17, 15) is 0 Å². The smallest absolute Gasteiger partial charge is 0.0698 e. The van der Waals surface area contributed by atoms with Gasteiger partial charge in [0.05, 0.1) is 19.8 Å². The van der Waals surface area contributed by atoms with Crippen molar-refractivity contribution in [3.05, 3.63) is 35.5 Å². The first kappa shape index (κ1) is 16.7. The molecule has 0 saturated carbocycles. The molecule has 3 nitrogen and oxygen atoms in total. The lowest BCUT2D eigenvalue weighted by Crippen LogP contribution is -2.22. The average molecular weight is 249 g/mol. The van der Waals surface area contributed by atoms with Crippen LogP contribution in [0.15, 0.2) is 35.5 Å². The average Bonchev–Trinajstić information content (AvgIpc) is 2.38. The molecule has 100 valence electrons. The minimum absolute atomic E-state index is 0.0730. The van der Waals surface area contributed by atoms with Crippen LogP contribution in [-0.4, -0.2) is 38.0 Å². The normalized spacial score (nSPS) is 13.0. The Hall–Kier alpha value is -1.34. The summed E-state index contributed by atoms with van der Waals surface area (Å²) in [4.78, 5) is 0. The monoisotopic (exact) mass is 249 g/mol.